The fourth-order valence-corrected chi connectivity index (χ4v) is 3.27. The minimum Gasteiger partial charge on any atom is -0.480 e. The fraction of sp³-hybridized carbons (Fsp3) is 0.348. The van der Waals surface area contributed by atoms with Gasteiger partial charge in [-0.1, -0.05) is 36.4 Å². The van der Waals surface area contributed by atoms with Gasteiger partial charge in [-0.3, -0.25) is 19.3 Å². The summed E-state index contributed by atoms with van der Waals surface area (Å²) in [6, 6.07) is 13.1. The SMILES string of the molecule is CC(=O)Oc1ccccc1CN(Cc1ccccc1OC(C)=O)[C@@H](CCCN)C(=O)O. The zero-order chi connectivity index (χ0) is 22.8. The summed E-state index contributed by atoms with van der Waals surface area (Å²) in [6.07, 6.45) is 0.877. The van der Waals surface area contributed by atoms with Crippen LogP contribution in [0.2, 0.25) is 0 Å². The molecule has 0 heterocycles. The number of carbonyl (C=O) groups excluding carboxylic acids is 2. The van der Waals surface area contributed by atoms with Crippen LogP contribution in [0.3, 0.4) is 0 Å². The lowest BCUT2D eigenvalue weighted by Gasteiger charge is -2.30. The molecule has 0 amide bonds. The van der Waals surface area contributed by atoms with Gasteiger partial charge in [0.05, 0.1) is 0 Å². The molecule has 2 aromatic carbocycles. The molecule has 0 aromatic heterocycles. The van der Waals surface area contributed by atoms with Crippen LogP contribution in [0.15, 0.2) is 48.5 Å². The first-order valence-electron chi connectivity index (χ1n) is 10.0. The molecule has 8 nitrogen and oxygen atoms in total. The topological polar surface area (TPSA) is 119 Å². The highest BCUT2D eigenvalue weighted by Crippen LogP contribution is 2.26. The fourth-order valence-electron chi connectivity index (χ4n) is 3.27. The molecule has 0 bridgehead atoms. The molecule has 3 N–H and O–H groups in total. The lowest BCUT2D eigenvalue weighted by Crippen LogP contribution is -2.41. The third-order valence-corrected chi connectivity index (χ3v) is 4.61. The van der Waals surface area contributed by atoms with Gasteiger partial charge >= 0.3 is 17.9 Å². The quantitative estimate of drug-likeness (QED) is 0.414. The van der Waals surface area contributed by atoms with Gasteiger partial charge in [0.2, 0.25) is 0 Å². The Kier molecular flexibility index (Phi) is 9.17. The Labute approximate surface area is 181 Å². The van der Waals surface area contributed by atoms with Gasteiger partial charge < -0.3 is 20.3 Å². The van der Waals surface area contributed by atoms with Crippen LogP contribution in [0.4, 0.5) is 0 Å². The summed E-state index contributed by atoms with van der Waals surface area (Å²) in [5.41, 5.74) is 6.95. The number of hydrogen-bond donors (Lipinski definition) is 2. The van der Waals surface area contributed by atoms with E-state index in [9.17, 15) is 19.5 Å². The second-order valence-electron chi connectivity index (χ2n) is 7.09. The first kappa shape index (κ1) is 24.0. The molecule has 0 aliphatic carbocycles. The van der Waals surface area contributed by atoms with Crippen LogP contribution in [-0.2, 0) is 27.5 Å². The smallest absolute Gasteiger partial charge is 0.320 e. The van der Waals surface area contributed by atoms with Crippen molar-refractivity contribution in [3.05, 3.63) is 59.7 Å². The maximum Gasteiger partial charge on any atom is 0.320 e. The van der Waals surface area contributed by atoms with E-state index in [1.54, 1.807) is 53.4 Å². The summed E-state index contributed by atoms with van der Waals surface area (Å²) < 4.78 is 10.6. The average Bonchev–Trinajstić information content (AvgIpc) is 2.70. The van der Waals surface area contributed by atoms with Crippen molar-refractivity contribution < 1.29 is 29.0 Å². The van der Waals surface area contributed by atoms with Crippen LogP contribution in [0, 0.1) is 0 Å². The zero-order valence-electron chi connectivity index (χ0n) is 17.7. The maximum absolute atomic E-state index is 12.1. The van der Waals surface area contributed by atoms with Gasteiger partial charge in [-0.05, 0) is 31.5 Å². The van der Waals surface area contributed by atoms with Crippen LogP contribution in [0.25, 0.3) is 0 Å². The van der Waals surface area contributed by atoms with Crippen LogP contribution >= 0.6 is 0 Å². The van der Waals surface area contributed by atoms with Gasteiger partial charge in [-0.2, -0.15) is 0 Å². The zero-order valence-corrected chi connectivity index (χ0v) is 17.7. The Morgan fingerprint density at radius 2 is 1.35 bits per heavy atom. The predicted octanol–water partition coefficient (Wildman–Crippen LogP) is 2.73. The van der Waals surface area contributed by atoms with E-state index in [2.05, 4.69) is 0 Å². The van der Waals surface area contributed by atoms with E-state index in [-0.39, 0.29) is 13.1 Å². The van der Waals surface area contributed by atoms with Crippen LogP contribution in [0.5, 0.6) is 11.5 Å². The molecule has 31 heavy (non-hydrogen) atoms. The molecule has 0 spiro atoms. The molecular weight excluding hydrogens is 400 g/mol. The molecule has 166 valence electrons. The van der Waals surface area contributed by atoms with Crippen molar-refractivity contribution in [3.8, 4) is 11.5 Å². The molecule has 0 saturated carbocycles. The molecule has 0 saturated heterocycles. The number of para-hydroxylation sites is 2. The van der Waals surface area contributed by atoms with Crippen LogP contribution < -0.4 is 15.2 Å². The Morgan fingerprint density at radius 3 is 1.74 bits per heavy atom. The molecule has 0 aliphatic rings. The summed E-state index contributed by atoms with van der Waals surface area (Å²) in [7, 11) is 0. The monoisotopic (exact) mass is 428 g/mol. The van der Waals surface area contributed by atoms with Crippen molar-refractivity contribution in [3.63, 3.8) is 0 Å². The number of benzene rings is 2. The standard InChI is InChI=1S/C23H28N2O6/c1-16(26)30-21-11-5-3-8-18(21)14-25(20(23(28)29)10-7-13-24)15-19-9-4-6-12-22(19)31-17(2)27/h3-6,8-9,11-12,20H,7,10,13-15,24H2,1-2H3,(H,28,29)/t20-/m0/s1. The van der Waals surface area contributed by atoms with Gasteiger partial charge in [0, 0.05) is 38.1 Å². The number of carboxylic acids is 1. The van der Waals surface area contributed by atoms with E-state index >= 15 is 0 Å². The Hall–Kier alpha value is -3.23. The van der Waals surface area contributed by atoms with Crippen molar-refractivity contribution in [2.75, 3.05) is 6.54 Å². The highest BCUT2D eigenvalue weighted by molar-refractivity contribution is 5.73. The molecule has 2 aromatic rings. The van der Waals surface area contributed by atoms with E-state index in [1.807, 2.05) is 0 Å². The molecule has 0 fully saturated rings. The molecule has 1 atom stereocenters. The van der Waals surface area contributed by atoms with Crippen LogP contribution in [0.1, 0.15) is 37.8 Å². The minimum absolute atomic E-state index is 0.208. The first-order chi connectivity index (χ1) is 14.8. The van der Waals surface area contributed by atoms with Gasteiger partial charge in [0.1, 0.15) is 17.5 Å². The summed E-state index contributed by atoms with van der Waals surface area (Å²) in [4.78, 5) is 36.8. The molecule has 2 rings (SSSR count). The second kappa shape index (κ2) is 11.8. The van der Waals surface area contributed by atoms with Crippen molar-refractivity contribution in [1.29, 1.82) is 0 Å². The van der Waals surface area contributed by atoms with E-state index in [1.165, 1.54) is 13.8 Å². The lowest BCUT2D eigenvalue weighted by molar-refractivity contribution is -0.144. The number of carbonyl (C=O) groups is 3. The lowest BCUT2D eigenvalue weighted by atomic mass is 10.1. The van der Waals surface area contributed by atoms with Crippen molar-refractivity contribution in [2.45, 2.75) is 45.8 Å². The van der Waals surface area contributed by atoms with Gasteiger partial charge in [0.15, 0.2) is 0 Å². The molecule has 0 aliphatic heterocycles. The van der Waals surface area contributed by atoms with Crippen molar-refractivity contribution in [2.24, 2.45) is 5.73 Å². The molecule has 0 radical (unpaired) electrons. The summed E-state index contributed by atoms with van der Waals surface area (Å²) in [5, 5.41) is 9.90. The summed E-state index contributed by atoms with van der Waals surface area (Å²) in [5.74, 6) is -1.16. The van der Waals surface area contributed by atoms with Crippen LogP contribution in [-0.4, -0.2) is 40.5 Å². The number of nitrogens with zero attached hydrogens (tertiary/aromatic N) is 1. The summed E-state index contributed by atoms with van der Waals surface area (Å²) >= 11 is 0. The third kappa shape index (κ3) is 7.51. The van der Waals surface area contributed by atoms with Gasteiger partial charge in [0.25, 0.3) is 0 Å². The normalized spacial score (nSPS) is 11.7. The number of ether oxygens (including phenoxy) is 2. The highest BCUT2D eigenvalue weighted by Gasteiger charge is 2.27. The average molecular weight is 428 g/mol. The van der Waals surface area contributed by atoms with Gasteiger partial charge in [-0.15, -0.1) is 0 Å². The van der Waals surface area contributed by atoms with Crippen molar-refractivity contribution in [1.82, 2.24) is 4.90 Å². The Balaban J connectivity index is 2.42. The largest absolute Gasteiger partial charge is 0.480 e. The number of carboxylic acid groups (broad SMARTS) is 1. The number of nitrogens with two attached hydrogens (primary N) is 1. The van der Waals surface area contributed by atoms with E-state index in [0.29, 0.717) is 42.0 Å². The minimum atomic E-state index is -0.983. The number of aliphatic carboxylic acids is 1. The Bertz CT molecular complexity index is 853. The Morgan fingerprint density at radius 1 is 0.903 bits per heavy atom. The molecule has 0 unspecified atom stereocenters. The van der Waals surface area contributed by atoms with Crippen molar-refractivity contribution >= 4 is 17.9 Å². The summed E-state index contributed by atoms with van der Waals surface area (Å²) in [6.45, 7) is 3.40. The number of rotatable bonds is 11. The molecule has 8 heteroatoms. The van der Waals surface area contributed by atoms with E-state index in [4.69, 9.17) is 15.2 Å². The predicted molar refractivity (Wildman–Crippen MR) is 114 cm³/mol. The first-order valence-corrected chi connectivity index (χ1v) is 10.0. The molecular formula is C23H28N2O6. The number of esters is 2. The number of hydrogen-bond acceptors (Lipinski definition) is 7. The maximum atomic E-state index is 12.1. The van der Waals surface area contributed by atoms with E-state index < -0.39 is 23.9 Å². The van der Waals surface area contributed by atoms with Gasteiger partial charge in [-0.25, -0.2) is 0 Å². The highest BCUT2D eigenvalue weighted by atomic mass is 16.5. The second-order valence-corrected chi connectivity index (χ2v) is 7.09. The van der Waals surface area contributed by atoms with E-state index in [0.717, 1.165) is 0 Å². The third-order valence-electron chi connectivity index (χ3n) is 4.61.